The molecule has 1 atom stereocenters. The molecule has 0 saturated heterocycles. The van der Waals surface area contributed by atoms with E-state index in [-0.39, 0.29) is 0 Å². The molecule has 0 aliphatic heterocycles. The third-order valence-corrected chi connectivity index (χ3v) is 6.19. The van der Waals surface area contributed by atoms with Crippen LogP contribution in [0.1, 0.15) is 47.4 Å². The van der Waals surface area contributed by atoms with Crippen molar-refractivity contribution in [3.8, 4) is 22.5 Å². The van der Waals surface area contributed by atoms with Crippen LogP contribution in [0.2, 0.25) is 0 Å². The van der Waals surface area contributed by atoms with Gasteiger partial charge in [-0.25, -0.2) is 4.98 Å². The summed E-state index contributed by atoms with van der Waals surface area (Å²) in [6.45, 7) is 2.06. The van der Waals surface area contributed by atoms with E-state index in [0.29, 0.717) is 11.7 Å². The SMILES string of the molecule is Cc1ccc(C(O)c2ccc(-c3ccccc3-c3nn[nH]n3)cc2)n2cc(C3CC3)nc12. The Morgan fingerprint density at radius 2 is 1.78 bits per heavy atom. The number of rotatable bonds is 5. The average Bonchev–Trinajstić information content (AvgIpc) is 3.34. The Balaban J connectivity index is 1.36. The number of nitrogens with one attached hydrogen (secondary N) is 1. The Kier molecular flexibility index (Phi) is 4.36. The third kappa shape index (κ3) is 3.18. The van der Waals surface area contributed by atoms with Crippen molar-refractivity contribution in [3.63, 3.8) is 0 Å². The monoisotopic (exact) mass is 422 g/mol. The van der Waals surface area contributed by atoms with E-state index in [1.807, 2.05) is 65.1 Å². The molecular weight excluding hydrogens is 400 g/mol. The van der Waals surface area contributed by atoms with Crippen molar-refractivity contribution in [2.45, 2.75) is 31.8 Å². The molecular formula is C25H22N6O. The van der Waals surface area contributed by atoms with Crippen LogP contribution in [0.5, 0.6) is 0 Å². The summed E-state index contributed by atoms with van der Waals surface area (Å²) in [6.07, 6.45) is 3.75. The second-order valence-electron chi connectivity index (χ2n) is 8.38. The number of H-pyrrole nitrogens is 1. The van der Waals surface area contributed by atoms with Crippen LogP contribution in [0, 0.1) is 6.92 Å². The Morgan fingerprint density at radius 3 is 2.50 bits per heavy atom. The first-order valence-electron chi connectivity index (χ1n) is 10.8. The minimum Gasteiger partial charge on any atom is -0.382 e. The number of pyridine rings is 1. The number of tetrazole rings is 1. The number of benzene rings is 2. The van der Waals surface area contributed by atoms with Crippen molar-refractivity contribution in [1.82, 2.24) is 30.0 Å². The highest BCUT2D eigenvalue weighted by Gasteiger charge is 2.27. The first-order valence-corrected chi connectivity index (χ1v) is 10.8. The average molecular weight is 422 g/mol. The van der Waals surface area contributed by atoms with Crippen LogP contribution in [0.3, 0.4) is 0 Å². The summed E-state index contributed by atoms with van der Waals surface area (Å²) in [6, 6.07) is 20.0. The van der Waals surface area contributed by atoms with Crippen LogP contribution < -0.4 is 0 Å². The molecule has 1 fully saturated rings. The van der Waals surface area contributed by atoms with Crippen molar-refractivity contribution in [2.24, 2.45) is 0 Å². The van der Waals surface area contributed by atoms with E-state index in [0.717, 1.165) is 44.9 Å². The fraction of sp³-hybridized carbons (Fsp3) is 0.200. The molecule has 32 heavy (non-hydrogen) atoms. The molecule has 3 heterocycles. The van der Waals surface area contributed by atoms with Gasteiger partial charge in [-0.1, -0.05) is 54.6 Å². The number of hydrogen-bond donors (Lipinski definition) is 2. The summed E-state index contributed by atoms with van der Waals surface area (Å²) in [4.78, 5) is 4.83. The van der Waals surface area contributed by atoms with Gasteiger partial charge < -0.3 is 9.51 Å². The predicted molar refractivity (Wildman–Crippen MR) is 121 cm³/mol. The second-order valence-corrected chi connectivity index (χ2v) is 8.38. The Hall–Kier alpha value is -3.84. The van der Waals surface area contributed by atoms with Crippen molar-refractivity contribution < 1.29 is 5.11 Å². The van der Waals surface area contributed by atoms with E-state index >= 15 is 0 Å². The number of aromatic amines is 1. The molecule has 0 amide bonds. The Bertz CT molecular complexity index is 1400. The van der Waals surface area contributed by atoms with Crippen molar-refractivity contribution in [3.05, 3.63) is 89.4 Å². The van der Waals surface area contributed by atoms with E-state index in [1.54, 1.807) is 0 Å². The molecule has 2 aromatic carbocycles. The van der Waals surface area contributed by atoms with Gasteiger partial charge in [0.15, 0.2) is 0 Å². The lowest BCUT2D eigenvalue weighted by atomic mass is 9.96. The van der Waals surface area contributed by atoms with Gasteiger partial charge in [0, 0.05) is 17.7 Å². The van der Waals surface area contributed by atoms with Crippen LogP contribution in [-0.4, -0.2) is 35.1 Å². The molecule has 0 radical (unpaired) electrons. The van der Waals surface area contributed by atoms with E-state index in [9.17, 15) is 5.11 Å². The quantitative estimate of drug-likeness (QED) is 0.437. The van der Waals surface area contributed by atoms with Crippen LogP contribution in [0.25, 0.3) is 28.2 Å². The molecule has 2 N–H and O–H groups in total. The van der Waals surface area contributed by atoms with Gasteiger partial charge in [-0.05, 0) is 53.3 Å². The summed E-state index contributed by atoms with van der Waals surface area (Å²) in [7, 11) is 0. The molecule has 1 aliphatic rings. The fourth-order valence-corrected chi connectivity index (χ4v) is 4.26. The molecule has 7 nitrogen and oxygen atoms in total. The number of aliphatic hydroxyl groups is 1. The topological polar surface area (TPSA) is 92.0 Å². The second kappa shape index (κ2) is 7.39. The molecule has 6 rings (SSSR count). The maximum atomic E-state index is 11.2. The minimum absolute atomic E-state index is 0.554. The molecule has 1 saturated carbocycles. The lowest BCUT2D eigenvalue weighted by molar-refractivity contribution is 0.214. The maximum Gasteiger partial charge on any atom is 0.205 e. The molecule has 0 bridgehead atoms. The molecule has 5 aromatic rings. The zero-order valence-electron chi connectivity index (χ0n) is 17.6. The number of fused-ring (bicyclic) bond motifs is 1. The smallest absolute Gasteiger partial charge is 0.205 e. The van der Waals surface area contributed by atoms with E-state index in [2.05, 4.69) is 33.7 Å². The standard InChI is InChI=1S/C25H22N6O/c1-15-6-13-22(31-14-21(17-9-10-17)26-25(15)31)23(32)18-11-7-16(8-12-18)19-4-2-3-5-20(19)24-27-29-30-28-24/h2-8,11-14,17,23,32H,9-10H2,1H3,(H,27,28,29,30). The normalized spacial score (nSPS) is 14.7. The highest BCUT2D eigenvalue weighted by Crippen LogP contribution is 2.40. The highest BCUT2D eigenvalue weighted by molar-refractivity contribution is 5.80. The predicted octanol–water partition coefficient (Wildman–Crippen LogP) is 4.45. The van der Waals surface area contributed by atoms with Crippen LogP contribution in [-0.2, 0) is 0 Å². The number of aliphatic hydroxyl groups excluding tert-OH is 1. The minimum atomic E-state index is -0.749. The van der Waals surface area contributed by atoms with Crippen molar-refractivity contribution in [1.29, 1.82) is 0 Å². The molecule has 1 aliphatic carbocycles. The zero-order valence-corrected chi connectivity index (χ0v) is 17.6. The van der Waals surface area contributed by atoms with Crippen LogP contribution in [0.15, 0.2) is 66.9 Å². The molecule has 7 heteroatoms. The summed E-state index contributed by atoms with van der Waals surface area (Å²) >= 11 is 0. The number of hydrogen-bond acceptors (Lipinski definition) is 5. The summed E-state index contributed by atoms with van der Waals surface area (Å²) < 4.78 is 2.05. The zero-order chi connectivity index (χ0) is 21.7. The van der Waals surface area contributed by atoms with Gasteiger partial charge >= 0.3 is 0 Å². The molecule has 158 valence electrons. The van der Waals surface area contributed by atoms with Crippen molar-refractivity contribution >= 4 is 5.65 Å². The lowest BCUT2D eigenvalue weighted by Crippen LogP contribution is -2.06. The number of aryl methyl sites for hydroxylation is 1. The first-order chi connectivity index (χ1) is 15.7. The van der Waals surface area contributed by atoms with E-state index < -0.39 is 6.10 Å². The number of imidazole rings is 1. The highest BCUT2D eigenvalue weighted by atomic mass is 16.3. The summed E-state index contributed by atoms with van der Waals surface area (Å²) in [5, 5.41) is 25.6. The Labute approximate surface area is 184 Å². The molecule has 0 spiro atoms. The largest absolute Gasteiger partial charge is 0.382 e. The van der Waals surface area contributed by atoms with Crippen molar-refractivity contribution in [2.75, 3.05) is 0 Å². The van der Waals surface area contributed by atoms with Gasteiger partial charge in [0.1, 0.15) is 11.8 Å². The number of nitrogens with zero attached hydrogens (tertiary/aromatic N) is 5. The lowest BCUT2D eigenvalue weighted by Gasteiger charge is -2.15. The van der Waals surface area contributed by atoms with Gasteiger partial charge in [-0.15, -0.1) is 10.2 Å². The third-order valence-electron chi connectivity index (χ3n) is 6.19. The fourth-order valence-electron chi connectivity index (χ4n) is 4.26. The van der Waals surface area contributed by atoms with Gasteiger partial charge in [0.25, 0.3) is 0 Å². The molecule has 1 unspecified atom stereocenters. The summed E-state index contributed by atoms with van der Waals surface area (Å²) in [5.74, 6) is 1.12. The van der Waals surface area contributed by atoms with Crippen LogP contribution >= 0.6 is 0 Å². The van der Waals surface area contributed by atoms with Gasteiger partial charge in [-0.2, -0.15) is 5.21 Å². The first kappa shape index (κ1) is 18.9. The van der Waals surface area contributed by atoms with E-state index in [4.69, 9.17) is 4.98 Å². The maximum absolute atomic E-state index is 11.2. The van der Waals surface area contributed by atoms with Gasteiger partial charge in [-0.3, -0.25) is 0 Å². The Morgan fingerprint density at radius 1 is 1.00 bits per heavy atom. The number of aromatic nitrogens is 6. The van der Waals surface area contributed by atoms with Gasteiger partial charge in [0.05, 0.1) is 11.4 Å². The van der Waals surface area contributed by atoms with E-state index in [1.165, 1.54) is 12.8 Å². The summed E-state index contributed by atoms with van der Waals surface area (Å²) in [5.41, 5.74) is 7.75. The van der Waals surface area contributed by atoms with Gasteiger partial charge in [0.2, 0.25) is 5.82 Å². The molecule has 3 aromatic heterocycles. The van der Waals surface area contributed by atoms with Crippen LogP contribution in [0.4, 0.5) is 0 Å².